The molecule has 0 atom stereocenters. The Hall–Kier alpha value is -3.91. The van der Waals surface area contributed by atoms with E-state index in [4.69, 9.17) is 21.9 Å². The van der Waals surface area contributed by atoms with Crippen LogP contribution in [0.15, 0.2) is 102 Å². The molecule has 2 heterocycles. The fourth-order valence-electron chi connectivity index (χ4n) is 3.40. The first kappa shape index (κ1) is 25.2. The fraction of sp³-hybridized carbons (Fsp3) is 0.0357. The van der Waals surface area contributed by atoms with Gasteiger partial charge in [0.1, 0.15) is 5.75 Å². The molecule has 4 N–H and O–H groups in total. The molecule has 6 nitrogen and oxygen atoms in total. The third kappa shape index (κ3) is 6.20. The molecule has 0 unspecified atom stereocenters. The minimum atomic E-state index is 0.134. The van der Waals surface area contributed by atoms with Crippen LogP contribution in [0.2, 0.25) is 5.02 Å². The highest BCUT2D eigenvalue weighted by molar-refractivity contribution is 7.93. The number of hydrogen-bond donors (Lipinski definition) is 3. The van der Waals surface area contributed by atoms with Crippen molar-refractivity contribution < 1.29 is 9.66 Å². The predicted molar refractivity (Wildman–Crippen MR) is 148 cm³/mol. The van der Waals surface area contributed by atoms with Crippen LogP contribution < -0.4 is 5.73 Å². The Kier molecular flexibility index (Phi) is 8.17. The zero-order valence-electron chi connectivity index (χ0n) is 19.3. The Bertz CT molecular complexity index is 1510. The largest absolute Gasteiger partial charge is 0.506 e. The third-order valence-electron chi connectivity index (χ3n) is 5.39. The first-order chi connectivity index (χ1) is 17.5. The quantitative estimate of drug-likeness (QED) is 0.216. The molecule has 0 aliphatic carbocycles. The van der Waals surface area contributed by atoms with Gasteiger partial charge in [0, 0.05) is 33.7 Å². The summed E-state index contributed by atoms with van der Waals surface area (Å²) in [6, 6.07) is 22.8. The lowest BCUT2D eigenvalue weighted by molar-refractivity contribution is 0.473. The van der Waals surface area contributed by atoms with E-state index in [9.17, 15) is 5.11 Å². The Balaban J connectivity index is 0.000000179. The Morgan fingerprint density at radius 2 is 1.50 bits per heavy atom. The first-order valence-electron chi connectivity index (χ1n) is 10.9. The van der Waals surface area contributed by atoms with Crippen molar-refractivity contribution in [3.05, 3.63) is 108 Å². The monoisotopic (exact) mass is 514 g/mol. The number of fused-ring (bicyclic) bond motifs is 1. The van der Waals surface area contributed by atoms with Crippen molar-refractivity contribution in [3.63, 3.8) is 0 Å². The van der Waals surface area contributed by atoms with Crippen LogP contribution >= 0.6 is 23.6 Å². The minimum absolute atomic E-state index is 0.134. The van der Waals surface area contributed by atoms with Gasteiger partial charge in [-0.25, -0.2) is 4.98 Å². The maximum absolute atomic E-state index is 9.52. The molecule has 0 saturated carbocycles. The van der Waals surface area contributed by atoms with Crippen molar-refractivity contribution in [1.82, 2.24) is 15.0 Å². The molecule has 5 rings (SSSR count). The molecule has 0 spiro atoms. The van der Waals surface area contributed by atoms with Gasteiger partial charge in [-0.1, -0.05) is 41.9 Å². The normalized spacial score (nSPS) is 11.1. The van der Waals surface area contributed by atoms with Crippen molar-refractivity contribution in [2.24, 2.45) is 5.73 Å². The molecule has 8 heteroatoms. The highest BCUT2D eigenvalue weighted by Crippen LogP contribution is 2.26. The molecule has 3 aromatic carbocycles. The van der Waals surface area contributed by atoms with Crippen LogP contribution in [-0.2, 0) is 0 Å². The summed E-state index contributed by atoms with van der Waals surface area (Å²) in [5.74, 6) is 0.134. The van der Waals surface area contributed by atoms with E-state index in [0.717, 1.165) is 66.5 Å². The summed E-state index contributed by atoms with van der Waals surface area (Å²) in [6.07, 6.45) is 6.32. The van der Waals surface area contributed by atoms with E-state index >= 15 is 0 Å². The standard InChI is InChI=1S/C16H14N4O.C12H9ClOS/c1-10(6-17)16-9-19-14-3-2-11(5-15(14)20-16)12-4-13(21)8-18-7-12;13-11-5-1-9(2-6-11)10-3-7-12(15-14)8-4-10/h2-9,21H,17H2,1H3;1-8,14H/b10-6+;. The summed E-state index contributed by atoms with van der Waals surface area (Å²) in [5.41, 5.74) is 12.7. The summed E-state index contributed by atoms with van der Waals surface area (Å²) in [6.45, 7) is 1.89. The lowest BCUT2D eigenvalue weighted by atomic mass is 10.1. The average Bonchev–Trinajstić information content (AvgIpc) is 2.93. The zero-order chi connectivity index (χ0) is 25.5. The summed E-state index contributed by atoms with van der Waals surface area (Å²) < 4.78 is 8.83. The summed E-state index contributed by atoms with van der Waals surface area (Å²) in [4.78, 5) is 13.8. The van der Waals surface area contributed by atoms with Crippen molar-refractivity contribution in [2.45, 2.75) is 11.8 Å². The van der Waals surface area contributed by atoms with E-state index in [0.29, 0.717) is 0 Å². The summed E-state index contributed by atoms with van der Waals surface area (Å²) in [5, 5.41) is 10.3. The maximum atomic E-state index is 9.52. The number of nitrogens with two attached hydrogens (primary N) is 1. The number of pyridine rings is 1. The molecule has 0 bridgehead atoms. The molecule has 180 valence electrons. The second-order valence-corrected chi connectivity index (χ2v) is 8.95. The molecule has 0 fully saturated rings. The van der Waals surface area contributed by atoms with Crippen molar-refractivity contribution >= 4 is 40.3 Å². The minimum Gasteiger partial charge on any atom is -0.506 e. The van der Waals surface area contributed by atoms with Crippen LogP contribution in [0.25, 0.3) is 38.9 Å². The van der Waals surface area contributed by atoms with Crippen LogP contribution in [0.1, 0.15) is 12.6 Å². The summed E-state index contributed by atoms with van der Waals surface area (Å²) in [7, 11) is 0. The van der Waals surface area contributed by atoms with E-state index in [2.05, 4.69) is 15.0 Å². The van der Waals surface area contributed by atoms with Crippen LogP contribution in [0, 0.1) is 0 Å². The van der Waals surface area contributed by atoms with Gasteiger partial charge in [-0.15, -0.1) is 0 Å². The molecule has 5 aromatic rings. The Morgan fingerprint density at radius 3 is 2.14 bits per heavy atom. The van der Waals surface area contributed by atoms with Gasteiger partial charge in [0.15, 0.2) is 0 Å². The SMILES string of the molecule is C/C(=C\N)c1cnc2ccc(-c3cncc(O)c3)cc2n1.OSc1ccc(-c2ccc(Cl)cc2)cc1. The van der Waals surface area contributed by atoms with E-state index in [1.807, 2.05) is 73.7 Å². The van der Waals surface area contributed by atoms with Gasteiger partial charge in [-0.05, 0) is 77.9 Å². The molecule has 0 radical (unpaired) electrons. The lowest BCUT2D eigenvalue weighted by Crippen LogP contribution is -1.93. The van der Waals surface area contributed by atoms with E-state index in [1.165, 1.54) is 12.4 Å². The van der Waals surface area contributed by atoms with Crippen LogP contribution in [0.5, 0.6) is 5.75 Å². The number of allylic oxidation sites excluding steroid dienone is 1. The van der Waals surface area contributed by atoms with E-state index < -0.39 is 0 Å². The second-order valence-electron chi connectivity index (χ2n) is 7.86. The van der Waals surface area contributed by atoms with Crippen LogP contribution in [0.3, 0.4) is 0 Å². The highest BCUT2D eigenvalue weighted by Gasteiger charge is 2.05. The molecule has 36 heavy (non-hydrogen) atoms. The van der Waals surface area contributed by atoms with E-state index in [1.54, 1.807) is 18.5 Å². The van der Waals surface area contributed by atoms with E-state index in [-0.39, 0.29) is 5.75 Å². The lowest BCUT2D eigenvalue weighted by Gasteiger charge is -2.05. The van der Waals surface area contributed by atoms with Gasteiger partial charge in [0.05, 0.1) is 29.1 Å². The van der Waals surface area contributed by atoms with Crippen LogP contribution in [-0.4, -0.2) is 24.6 Å². The molecular weight excluding hydrogens is 492 g/mol. The summed E-state index contributed by atoms with van der Waals surface area (Å²) >= 11 is 6.56. The number of hydrogen-bond acceptors (Lipinski definition) is 7. The van der Waals surface area contributed by atoms with Crippen molar-refractivity contribution in [2.75, 3.05) is 0 Å². The highest BCUT2D eigenvalue weighted by atomic mass is 35.5. The molecule has 0 aliphatic rings. The zero-order valence-corrected chi connectivity index (χ0v) is 20.9. The molecule has 0 amide bonds. The molecule has 0 aliphatic heterocycles. The topological polar surface area (TPSA) is 105 Å². The second kappa shape index (κ2) is 11.7. The average molecular weight is 515 g/mol. The van der Waals surface area contributed by atoms with Gasteiger partial charge < -0.3 is 15.4 Å². The Morgan fingerprint density at radius 1 is 0.833 bits per heavy atom. The maximum Gasteiger partial charge on any atom is 0.134 e. The number of rotatable bonds is 4. The fourth-order valence-corrected chi connectivity index (χ4v) is 3.79. The first-order valence-corrected chi connectivity index (χ1v) is 12.1. The number of nitrogens with zero attached hydrogens (tertiary/aromatic N) is 3. The number of aromatic hydroxyl groups is 1. The van der Waals surface area contributed by atoms with Gasteiger partial charge in [-0.3, -0.25) is 9.97 Å². The smallest absolute Gasteiger partial charge is 0.134 e. The predicted octanol–water partition coefficient (Wildman–Crippen LogP) is 7.29. The Labute approximate surface area is 218 Å². The van der Waals surface area contributed by atoms with Gasteiger partial charge in [-0.2, -0.15) is 0 Å². The third-order valence-corrected chi connectivity index (χ3v) is 6.13. The number of halogens is 1. The molecular formula is C28H23ClN4O2S. The van der Waals surface area contributed by atoms with Gasteiger partial charge in [0.25, 0.3) is 0 Å². The molecule has 0 saturated heterocycles. The van der Waals surface area contributed by atoms with Crippen molar-refractivity contribution in [1.29, 1.82) is 0 Å². The van der Waals surface area contributed by atoms with Gasteiger partial charge >= 0.3 is 0 Å². The van der Waals surface area contributed by atoms with Crippen molar-refractivity contribution in [3.8, 4) is 28.0 Å². The van der Waals surface area contributed by atoms with Gasteiger partial charge in [0.2, 0.25) is 0 Å². The van der Waals surface area contributed by atoms with Crippen LogP contribution in [0.4, 0.5) is 0 Å². The number of benzene rings is 3. The molecule has 2 aromatic heterocycles. The number of aromatic nitrogens is 3.